The van der Waals surface area contributed by atoms with Crippen molar-refractivity contribution >= 4 is 5.97 Å². The van der Waals surface area contributed by atoms with E-state index in [1.807, 2.05) is 0 Å². The maximum Gasteiger partial charge on any atom is 0.377 e. The predicted molar refractivity (Wildman–Crippen MR) is 55.5 cm³/mol. The molecule has 0 aliphatic carbocycles. The van der Waals surface area contributed by atoms with Gasteiger partial charge in [-0.2, -0.15) is 0 Å². The lowest BCUT2D eigenvalue weighted by Gasteiger charge is -1.99. The summed E-state index contributed by atoms with van der Waals surface area (Å²) in [5, 5.41) is 4.01. The zero-order valence-electron chi connectivity index (χ0n) is 9.27. The van der Waals surface area contributed by atoms with Gasteiger partial charge in [0.2, 0.25) is 0 Å². The van der Waals surface area contributed by atoms with Gasteiger partial charge in [-0.3, -0.25) is 4.68 Å². The van der Waals surface area contributed by atoms with Crippen LogP contribution in [-0.4, -0.2) is 27.8 Å². The van der Waals surface area contributed by atoms with Crippen molar-refractivity contribution < 1.29 is 9.53 Å². The normalized spacial score (nSPS) is 10.3. The van der Waals surface area contributed by atoms with Crippen molar-refractivity contribution in [3.63, 3.8) is 0 Å². The minimum Gasteiger partial charge on any atom is -0.463 e. The first-order valence-electron chi connectivity index (χ1n) is 5.25. The molecule has 1 heterocycles. The van der Waals surface area contributed by atoms with E-state index in [1.54, 1.807) is 11.0 Å². The third-order valence-corrected chi connectivity index (χ3v) is 2.15. The van der Waals surface area contributed by atoms with E-state index in [-0.39, 0.29) is 5.82 Å². The highest BCUT2D eigenvalue weighted by Crippen LogP contribution is 2.01. The molecular weight excluding hydrogens is 194 g/mol. The molecule has 0 bridgehead atoms. The van der Waals surface area contributed by atoms with Crippen molar-refractivity contribution in [1.82, 2.24) is 14.8 Å². The molecule has 0 saturated carbocycles. The van der Waals surface area contributed by atoms with Crippen LogP contribution >= 0.6 is 0 Å². The fraction of sp³-hybridized carbons (Fsp3) is 0.700. The fourth-order valence-corrected chi connectivity index (χ4v) is 1.29. The van der Waals surface area contributed by atoms with Crippen molar-refractivity contribution in [1.29, 1.82) is 0 Å². The molecule has 1 rings (SSSR count). The number of aryl methyl sites for hydroxylation is 1. The van der Waals surface area contributed by atoms with Crippen molar-refractivity contribution in [2.24, 2.45) is 0 Å². The second kappa shape index (κ2) is 6.16. The van der Waals surface area contributed by atoms with E-state index in [9.17, 15) is 4.79 Å². The molecule has 0 amide bonds. The molecule has 1 aromatic heterocycles. The Morgan fingerprint density at radius 1 is 1.47 bits per heavy atom. The maximum absolute atomic E-state index is 11.0. The number of carbonyl (C=O) groups is 1. The van der Waals surface area contributed by atoms with E-state index in [4.69, 9.17) is 0 Å². The number of ether oxygens (including phenoxy) is 1. The van der Waals surface area contributed by atoms with Gasteiger partial charge in [0, 0.05) is 6.54 Å². The van der Waals surface area contributed by atoms with Gasteiger partial charge >= 0.3 is 5.97 Å². The molecule has 0 aromatic carbocycles. The summed E-state index contributed by atoms with van der Waals surface area (Å²) in [5.41, 5.74) is 0. The van der Waals surface area contributed by atoms with Crippen LogP contribution in [0.3, 0.4) is 0 Å². The summed E-state index contributed by atoms with van der Waals surface area (Å²) in [6.07, 6.45) is 6.27. The van der Waals surface area contributed by atoms with Crippen LogP contribution in [0, 0.1) is 0 Å². The smallest absolute Gasteiger partial charge is 0.377 e. The average Bonchev–Trinajstić information content (AvgIpc) is 2.72. The number of rotatable bonds is 6. The van der Waals surface area contributed by atoms with Gasteiger partial charge in [0.1, 0.15) is 6.33 Å². The van der Waals surface area contributed by atoms with E-state index in [2.05, 4.69) is 21.7 Å². The fourth-order valence-electron chi connectivity index (χ4n) is 1.29. The largest absolute Gasteiger partial charge is 0.463 e. The van der Waals surface area contributed by atoms with Gasteiger partial charge in [0.25, 0.3) is 5.82 Å². The lowest BCUT2D eigenvalue weighted by Crippen LogP contribution is -2.06. The molecule has 0 radical (unpaired) electrons. The molecule has 0 N–H and O–H groups in total. The van der Waals surface area contributed by atoms with Gasteiger partial charge in [-0.1, -0.05) is 26.2 Å². The highest BCUT2D eigenvalue weighted by atomic mass is 16.5. The Labute approximate surface area is 89.5 Å². The third-order valence-electron chi connectivity index (χ3n) is 2.15. The number of esters is 1. The SMILES string of the molecule is CCCCCCn1cnc(C(=O)OC)n1. The summed E-state index contributed by atoms with van der Waals surface area (Å²) in [6, 6.07) is 0. The lowest BCUT2D eigenvalue weighted by molar-refractivity contribution is 0.0586. The maximum atomic E-state index is 11.0. The predicted octanol–water partition coefficient (Wildman–Crippen LogP) is 1.65. The molecule has 0 spiro atoms. The Kier molecular flexibility index (Phi) is 4.80. The van der Waals surface area contributed by atoms with E-state index in [0.717, 1.165) is 13.0 Å². The van der Waals surface area contributed by atoms with Crippen molar-refractivity contribution in [2.45, 2.75) is 39.2 Å². The third kappa shape index (κ3) is 3.69. The molecule has 0 aliphatic heterocycles. The summed E-state index contributed by atoms with van der Waals surface area (Å²) in [4.78, 5) is 14.9. The second-order valence-electron chi connectivity index (χ2n) is 3.38. The molecule has 0 atom stereocenters. The van der Waals surface area contributed by atoms with Crippen molar-refractivity contribution in [2.75, 3.05) is 7.11 Å². The van der Waals surface area contributed by atoms with Crippen LogP contribution in [0.4, 0.5) is 0 Å². The summed E-state index contributed by atoms with van der Waals surface area (Å²) >= 11 is 0. The summed E-state index contributed by atoms with van der Waals surface area (Å²) in [7, 11) is 1.32. The minimum atomic E-state index is -0.484. The quantitative estimate of drug-likeness (QED) is 0.530. The Morgan fingerprint density at radius 2 is 2.27 bits per heavy atom. The molecule has 84 valence electrons. The van der Waals surface area contributed by atoms with Crippen molar-refractivity contribution in [3.8, 4) is 0 Å². The molecule has 5 nitrogen and oxygen atoms in total. The standard InChI is InChI=1S/C10H17N3O2/c1-3-4-5-6-7-13-8-11-9(12-13)10(14)15-2/h8H,3-7H2,1-2H3. The average molecular weight is 211 g/mol. The molecule has 0 aliphatic rings. The first-order chi connectivity index (χ1) is 7.27. The summed E-state index contributed by atoms with van der Waals surface area (Å²) in [5.74, 6) is -0.352. The Bertz CT molecular complexity index is 309. The van der Waals surface area contributed by atoms with E-state index >= 15 is 0 Å². The Hall–Kier alpha value is -1.39. The molecule has 0 unspecified atom stereocenters. The van der Waals surface area contributed by atoms with Gasteiger partial charge < -0.3 is 4.74 Å². The lowest BCUT2D eigenvalue weighted by atomic mass is 10.2. The van der Waals surface area contributed by atoms with Crippen LogP contribution in [-0.2, 0) is 11.3 Å². The highest BCUT2D eigenvalue weighted by molar-refractivity contribution is 5.84. The highest BCUT2D eigenvalue weighted by Gasteiger charge is 2.10. The number of aromatic nitrogens is 3. The summed E-state index contributed by atoms with van der Waals surface area (Å²) in [6.45, 7) is 2.98. The number of methoxy groups -OCH3 is 1. The summed E-state index contributed by atoms with van der Waals surface area (Å²) < 4.78 is 6.20. The van der Waals surface area contributed by atoms with E-state index < -0.39 is 5.97 Å². The molecule has 0 fully saturated rings. The molecule has 0 saturated heterocycles. The number of nitrogens with zero attached hydrogens (tertiary/aromatic N) is 3. The number of unbranched alkanes of at least 4 members (excludes halogenated alkanes) is 3. The van der Waals surface area contributed by atoms with Gasteiger partial charge in [-0.25, -0.2) is 9.78 Å². The molecule has 5 heteroatoms. The first-order valence-corrected chi connectivity index (χ1v) is 5.25. The van der Waals surface area contributed by atoms with E-state index in [1.165, 1.54) is 26.4 Å². The van der Waals surface area contributed by atoms with Gasteiger partial charge in [-0.05, 0) is 6.42 Å². The van der Waals surface area contributed by atoms with Crippen LogP contribution in [0.1, 0.15) is 43.2 Å². The zero-order chi connectivity index (χ0) is 11.1. The minimum absolute atomic E-state index is 0.132. The molecule has 1 aromatic rings. The second-order valence-corrected chi connectivity index (χ2v) is 3.38. The zero-order valence-corrected chi connectivity index (χ0v) is 9.27. The van der Waals surface area contributed by atoms with Crippen LogP contribution in [0.2, 0.25) is 0 Å². The molecular formula is C10H17N3O2. The van der Waals surface area contributed by atoms with Crippen LogP contribution in [0.25, 0.3) is 0 Å². The van der Waals surface area contributed by atoms with Crippen molar-refractivity contribution in [3.05, 3.63) is 12.2 Å². The Balaban J connectivity index is 2.36. The van der Waals surface area contributed by atoms with Gasteiger partial charge in [-0.15, -0.1) is 5.10 Å². The Morgan fingerprint density at radius 3 is 2.93 bits per heavy atom. The number of hydrogen-bond acceptors (Lipinski definition) is 4. The van der Waals surface area contributed by atoms with Gasteiger partial charge in [0.15, 0.2) is 0 Å². The van der Waals surface area contributed by atoms with Crippen LogP contribution in [0.15, 0.2) is 6.33 Å². The van der Waals surface area contributed by atoms with Crippen LogP contribution < -0.4 is 0 Å². The topological polar surface area (TPSA) is 57.0 Å². The molecule has 15 heavy (non-hydrogen) atoms. The van der Waals surface area contributed by atoms with E-state index in [0.29, 0.717) is 0 Å². The monoisotopic (exact) mass is 211 g/mol. The number of carbonyl (C=O) groups excluding carboxylic acids is 1. The first kappa shape index (κ1) is 11.7. The number of hydrogen-bond donors (Lipinski definition) is 0. The van der Waals surface area contributed by atoms with Crippen LogP contribution in [0.5, 0.6) is 0 Å². The van der Waals surface area contributed by atoms with Gasteiger partial charge in [0.05, 0.1) is 7.11 Å².